The number of sulfone groups is 1. The predicted octanol–water partition coefficient (Wildman–Crippen LogP) is 2.86. The number of aromatic hydroxyl groups is 1. The SMILES string of the molecule is Cc1ccc(S(C)(=O)=O)cc1NCc1ccc(O)c(F)c1. The van der Waals surface area contributed by atoms with E-state index in [0.29, 0.717) is 17.8 Å². The molecule has 0 saturated heterocycles. The Kier molecular flexibility index (Phi) is 4.18. The van der Waals surface area contributed by atoms with E-state index in [1.165, 1.54) is 12.1 Å². The van der Waals surface area contributed by atoms with Crippen molar-refractivity contribution in [1.29, 1.82) is 0 Å². The molecule has 2 rings (SSSR count). The first-order valence-corrected chi connectivity index (χ1v) is 8.18. The van der Waals surface area contributed by atoms with Crippen LogP contribution in [0.4, 0.5) is 10.1 Å². The molecule has 0 saturated carbocycles. The third-order valence-corrected chi connectivity index (χ3v) is 4.24. The minimum Gasteiger partial charge on any atom is -0.505 e. The van der Waals surface area contributed by atoms with Gasteiger partial charge in [-0.2, -0.15) is 0 Å². The van der Waals surface area contributed by atoms with Gasteiger partial charge in [0.15, 0.2) is 21.4 Å². The second-order valence-electron chi connectivity index (χ2n) is 4.89. The van der Waals surface area contributed by atoms with Crippen molar-refractivity contribution in [3.05, 3.63) is 53.3 Å². The highest BCUT2D eigenvalue weighted by Gasteiger charge is 2.09. The zero-order valence-corrected chi connectivity index (χ0v) is 12.5. The van der Waals surface area contributed by atoms with Gasteiger partial charge in [0.05, 0.1) is 4.90 Å². The molecule has 0 spiro atoms. The molecule has 0 bridgehead atoms. The summed E-state index contributed by atoms with van der Waals surface area (Å²) in [5, 5.41) is 12.2. The van der Waals surface area contributed by atoms with Crippen molar-refractivity contribution in [1.82, 2.24) is 0 Å². The Bertz CT molecular complexity index is 772. The van der Waals surface area contributed by atoms with Gasteiger partial charge >= 0.3 is 0 Å². The van der Waals surface area contributed by atoms with E-state index in [1.54, 1.807) is 24.3 Å². The number of phenolic OH excluding ortho intramolecular Hbond substituents is 1. The van der Waals surface area contributed by atoms with E-state index in [9.17, 15) is 12.8 Å². The zero-order chi connectivity index (χ0) is 15.6. The van der Waals surface area contributed by atoms with Crippen LogP contribution in [0.15, 0.2) is 41.3 Å². The Morgan fingerprint density at radius 2 is 1.90 bits per heavy atom. The van der Waals surface area contributed by atoms with Gasteiger partial charge in [0, 0.05) is 18.5 Å². The Morgan fingerprint density at radius 1 is 1.19 bits per heavy atom. The van der Waals surface area contributed by atoms with Crippen molar-refractivity contribution < 1.29 is 17.9 Å². The second kappa shape index (κ2) is 5.73. The normalized spacial score (nSPS) is 11.4. The average molecular weight is 309 g/mol. The summed E-state index contributed by atoms with van der Waals surface area (Å²) < 4.78 is 36.3. The van der Waals surface area contributed by atoms with Crippen LogP contribution in [0.1, 0.15) is 11.1 Å². The van der Waals surface area contributed by atoms with Gasteiger partial charge in [-0.3, -0.25) is 0 Å². The maximum absolute atomic E-state index is 13.2. The minimum atomic E-state index is -3.27. The van der Waals surface area contributed by atoms with Crippen molar-refractivity contribution in [3.63, 3.8) is 0 Å². The van der Waals surface area contributed by atoms with E-state index in [-0.39, 0.29) is 4.90 Å². The molecule has 0 amide bonds. The molecule has 0 aliphatic carbocycles. The van der Waals surface area contributed by atoms with Crippen LogP contribution in [0.5, 0.6) is 5.75 Å². The zero-order valence-electron chi connectivity index (χ0n) is 11.7. The number of hydrogen-bond acceptors (Lipinski definition) is 4. The summed E-state index contributed by atoms with van der Waals surface area (Å²) in [5.41, 5.74) is 2.21. The van der Waals surface area contributed by atoms with Crippen LogP contribution in [0.25, 0.3) is 0 Å². The molecule has 0 aliphatic heterocycles. The number of phenols is 1. The summed E-state index contributed by atoms with van der Waals surface area (Å²) >= 11 is 0. The topological polar surface area (TPSA) is 66.4 Å². The Morgan fingerprint density at radius 3 is 2.52 bits per heavy atom. The molecule has 6 heteroatoms. The standard InChI is InChI=1S/C15H16FNO3S/c1-10-3-5-12(21(2,19)20)8-14(10)17-9-11-4-6-15(18)13(16)7-11/h3-8,17-18H,9H2,1-2H3. The van der Waals surface area contributed by atoms with E-state index in [4.69, 9.17) is 5.11 Å². The number of halogens is 1. The molecule has 21 heavy (non-hydrogen) atoms. The van der Waals surface area contributed by atoms with Gasteiger partial charge in [0.2, 0.25) is 0 Å². The summed E-state index contributed by atoms with van der Waals surface area (Å²) in [7, 11) is -3.27. The van der Waals surface area contributed by atoms with Crippen LogP contribution in [0, 0.1) is 12.7 Å². The number of anilines is 1. The highest BCUT2D eigenvalue weighted by Crippen LogP contribution is 2.22. The first-order valence-electron chi connectivity index (χ1n) is 6.29. The third-order valence-electron chi connectivity index (χ3n) is 3.13. The summed E-state index contributed by atoms with van der Waals surface area (Å²) in [6.07, 6.45) is 1.15. The Balaban J connectivity index is 2.21. The average Bonchev–Trinajstić information content (AvgIpc) is 2.40. The monoisotopic (exact) mass is 309 g/mol. The first kappa shape index (κ1) is 15.3. The third kappa shape index (κ3) is 3.72. The van der Waals surface area contributed by atoms with Crippen LogP contribution in [-0.2, 0) is 16.4 Å². The highest BCUT2D eigenvalue weighted by molar-refractivity contribution is 7.90. The van der Waals surface area contributed by atoms with Crippen molar-refractivity contribution in [2.24, 2.45) is 0 Å². The lowest BCUT2D eigenvalue weighted by Crippen LogP contribution is -2.04. The second-order valence-corrected chi connectivity index (χ2v) is 6.90. The Hall–Kier alpha value is -2.08. The van der Waals surface area contributed by atoms with Crippen LogP contribution in [0.2, 0.25) is 0 Å². The number of nitrogens with one attached hydrogen (secondary N) is 1. The number of hydrogen-bond donors (Lipinski definition) is 2. The fourth-order valence-corrected chi connectivity index (χ4v) is 2.53. The molecule has 0 aliphatic rings. The molecule has 0 radical (unpaired) electrons. The smallest absolute Gasteiger partial charge is 0.175 e. The number of benzene rings is 2. The van der Waals surface area contributed by atoms with E-state index in [0.717, 1.165) is 11.8 Å². The summed E-state index contributed by atoms with van der Waals surface area (Å²) in [5.74, 6) is -1.08. The number of rotatable bonds is 4. The van der Waals surface area contributed by atoms with Gasteiger partial charge in [-0.1, -0.05) is 12.1 Å². The van der Waals surface area contributed by atoms with E-state index in [2.05, 4.69) is 5.32 Å². The molecule has 0 aromatic heterocycles. The number of aryl methyl sites for hydroxylation is 1. The van der Waals surface area contributed by atoms with Crippen LogP contribution >= 0.6 is 0 Å². The quantitative estimate of drug-likeness (QED) is 0.911. The molecule has 2 aromatic carbocycles. The predicted molar refractivity (Wildman–Crippen MR) is 79.7 cm³/mol. The molecule has 2 N–H and O–H groups in total. The molecule has 2 aromatic rings. The molecule has 0 unspecified atom stereocenters. The summed E-state index contributed by atoms with van der Waals surface area (Å²) in [6, 6.07) is 8.94. The largest absolute Gasteiger partial charge is 0.505 e. The summed E-state index contributed by atoms with van der Waals surface area (Å²) in [6.45, 7) is 2.18. The molecule has 112 valence electrons. The molecule has 0 fully saturated rings. The van der Waals surface area contributed by atoms with Crippen molar-refractivity contribution >= 4 is 15.5 Å². The van der Waals surface area contributed by atoms with Crippen molar-refractivity contribution in [2.75, 3.05) is 11.6 Å². The lowest BCUT2D eigenvalue weighted by Gasteiger charge is -2.11. The van der Waals surface area contributed by atoms with Gasteiger partial charge in [-0.05, 0) is 42.3 Å². The fraction of sp³-hybridized carbons (Fsp3) is 0.200. The minimum absolute atomic E-state index is 0.229. The molecular formula is C15H16FNO3S. The van der Waals surface area contributed by atoms with Gasteiger partial charge in [-0.25, -0.2) is 12.8 Å². The van der Waals surface area contributed by atoms with Crippen LogP contribution in [0.3, 0.4) is 0 Å². The molecule has 0 heterocycles. The lowest BCUT2D eigenvalue weighted by molar-refractivity contribution is 0.432. The molecular weight excluding hydrogens is 293 g/mol. The van der Waals surface area contributed by atoms with Crippen molar-refractivity contribution in [3.8, 4) is 5.75 Å². The Labute approximate surface area is 123 Å². The van der Waals surface area contributed by atoms with Gasteiger partial charge in [0.25, 0.3) is 0 Å². The van der Waals surface area contributed by atoms with E-state index >= 15 is 0 Å². The lowest BCUT2D eigenvalue weighted by atomic mass is 10.1. The fourth-order valence-electron chi connectivity index (χ4n) is 1.88. The maximum atomic E-state index is 13.2. The van der Waals surface area contributed by atoms with Crippen LogP contribution in [-0.4, -0.2) is 19.8 Å². The maximum Gasteiger partial charge on any atom is 0.175 e. The molecule has 4 nitrogen and oxygen atoms in total. The highest BCUT2D eigenvalue weighted by atomic mass is 32.2. The van der Waals surface area contributed by atoms with E-state index < -0.39 is 21.4 Å². The van der Waals surface area contributed by atoms with Crippen molar-refractivity contribution in [2.45, 2.75) is 18.4 Å². The summed E-state index contributed by atoms with van der Waals surface area (Å²) in [4.78, 5) is 0.229. The first-order chi connectivity index (χ1) is 9.77. The van der Waals surface area contributed by atoms with Gasteiger partial charge in [-0.15, -0.1) is 0 Å². The van der Waals surface area contributed by atoms with E-state index in [1.807, 2.05) is 6.92 Å². The van der Waals surface area contributed by atoms with Crippen LogP contribution < -0.4 is 5.32 Å². The van der Waals surface area contributed by atoms with Gasteiger partial charge in [0.1, 0.15) is 0 Å². The van der Waals surface area contributed by atoms with Gasteiger partial charge < -0.3 is 10.4 Å². The molecule has 0 atom stereocenters.